The molecule has 0 aromatic carbocycles. The van der Waals surface area contributed by atoms with Crippen LogP contribution in [0.25, 0.3) is 0 Å². The molecule has 1 N–H and O–H groups in total. The van der Waals surface area contributed by atoms with Crippen LogP contribution >= 0.6 is 0 Å². The van der Waals surface area contributed by atoms with E-state index in [0.29, 0.717) is 5.92 Å². The van der Waals surface area contributed by atoms with Crippen molar-refractivity contribution in [1.29, 1.82) is 0 Å². The lowest BCUT2D eigenvalue weighted by Gasteiger charge is -2.50. The Morgan fingerprint density at radius 2 is 1.85 bits per heavy atom. The topological polar surface area (TPSA) is 49.4 Å². The Labute approximate surface area is 122 Å². The number of nitrogens with zero attached hydrogens (tertiary/aromatic N) is 1. The zero-order valence-corrected chi connectivity index (χ0v) is 13.2. The lowest BCUT2D eigenvalue weighted by molar-refractivity contribution is -0.157. The van der Waals surface area contributed by atoms with Gasteiger partial charge in [-0.25, -0.2) is 0 Å². The van der Waals surface area contributed by atoms with E-state index in [1.54, 1.807) is 0 Å². The summed E-state index contributed by atoms with van der Waals surface area (Å²) < 4.78 is 0. The molecule has 4 nitrogen and oxygen atoms in total. The molecule has 114 valence electrons. The average molecular weight is 280 g/mol. The number of hydrogen-bond donors (Lipinski definition) is 1. The Balaban J connectivity index is 2.23. The second-order valence-electron chi connectivity index (χ2n) is 7.13. The van der Waals surface area contributed by atoms with Crippen LogP contribution in [0, 0.1) is 5.92 Å². The fraction of sp³-hybridized carbons (Fsp3) is 0.875. The molecule has 4 heteroatoms. The minimum Gasteiger partial charge on any atom is -0.343 e. The molecule has 0 aromatic heterocycles. The van der Waals surface area contributed by atoms with Crippen LogP contribution in [0.15, 0.2) is 0 Å². The molecule has 0 bridgehead atoms. The molecule has 20 heavy (non-hydrogen) atoms. The van der Waals surface area contributed by atoms with Gasteiger partial charge in [-0.1, -0.05) is 33.1 Å². The Bertz CT molecular complexity index is 386. The first-order chi connectivity index (χ1) is 9.35. The first kappa shape index (κ1) is 15.3. The van der Waals surface area contributed by atoms with Crippen molar-refractivity contribution >= 4 is 11.8 Å². The summed E-state index contributed by atoms with van der Waals surface area (Å²) in [5.41, 5.74) is -0.137. The van der Waals surface area contributed by atoms with E-state index in [1.165, 1.54) is 6.42 Å². The van der Waals surface area contributed by atoms with Crippen molar-refractivity contribution < 1.29 is 9.59 Å². The van der Waals surface area contributed by atoms with Gasteiger partial charge in [0.15, 0.2) is 0 Å². The first-order valence-electron chi connectivity index (χ1n) is 7.99. The molecule has 2 amide bonds. The van der Waals surface area contributed by atoms with Crippen molar-refractivity contribution in [1.82, 2.24) is 10.2 Å². The number of carbonyl (C=O) groups is 2. The number of nitrogens with one attached hydrogen (secondary N) is 1. The molecule has 1 aliphatic heterocycles. The van der Waals surface area contributed by atoms with E-state index in [2.05, 4.69) is 26.1 Å². The first-order valence-corrected chi connectivity index (χ1v) is 7.99. The fourth-order valence-corrected chi connectivity index (χ4v) is 3.75. The van der Waals surface area contributed by atoms with E-state index in [4.69, 9.17) is 0 Å². The molecular weight excluding hydrogens is 252 g/mol. The third-order valence-electron chi connectivity index (χ3n) is 4.84. The molecule has 2 fully saturated rings. The van der Waals surface area contributed by atoms with E-state index < -0.39 is 0 Å². The van der Waals surface area contributed by atoms with Crippen LogP contribution in [0.2, 0.25) is 0 Å². The fourth-order valence-electron chi connectivity index (χ4n) is 3.75. The summed E-state index contributed by atoms with van der Waals surface area (Å²) in [7, 11) is 0. The van der Waals surface area contributed by atoms with E-state index in [1.807, 2.05) is 11.8 Å². The zero-order valence-electron chi connectivity index (χ0n) is 13.2. The van der Waals surface area contributed by atoms with Crippen molar-refractivity contribution in [3.63, 3.8) is 0 Å². The largest absolute Gasteiger partial charge is 0.343 e. The maximum absolute atomic E-state index is 12.8. The molecule has 0 spiro atoms. The summed E-state index contributed by atoms with van der Waals surface area (Å²) >= 11 is 0. The second kappa shape index (κ2) is 5.74. The van der Waals surface area contributed by atoms with Crippen LogP contribution in [-0.2, 0) is 9.59 Å². The van der Waals surface area contributed by atoms with Gasteiger partial charge in [0, 0.05) is 5.54 Å². The standard InChI is InChI=1S/C16H28N2O2/c1-11(2)10-13-15(20)18(12(3)14(19)17-13)16(4)8-6-5-7-9-16/h11-13H,5-10H2,1-4H3,(H,17,19). The minimum atomic E-state index is -0.339. The number of hydrogen-bond acceptors (Lipinski definition) is 2. The number of rotatable bonds is 3. The normalized spacial score (nSPS) is 30.6. The van der Waals surface area contributed by atoms with Crippen molar-refractivity contribution in [2.45, 2.75) is 83.8 Å². The monoisotopic (exact) mass is 280 g/mol. The zero-order chi connectivity index (χ0) is 14.9. The molecule has 0 radical (unpaired) electrons. The molecule has 1 aliphatic carbocycles. The third kappa shape index (κ3) is 2.84. The van der Waals surface area contributed by atoms with Crippen LogP contribution in [0.3, 0.4) is 0 Å². The van der Waals surface area contributed by atoms with E-state index in [-0.39, 0.29) is 29.4 Å². The molecule has 2 rings (SSSR count). The number of amides is 2. The number of piperazine rings is 1. The SMILES string of the molecule is CC(C)CC1NC(=O)C(C)N(C2(C)CCCCC2)C1=O. The van der Waals surface area contributed by atoms with Gasteiger partial charge in [-0.15, -0.1) is 0 Å². The van der Waals surface area contributed by atoms with Gasteiger partial charge < -0.3 is 10.2 Å². The Kier molecular flexibility index (Phi) is 4.40. The maximum Gasteiger partial charge on any atom is 0.246 e. The van der Waals surface area contributed by atoms with Crippen LogP contribution in [-0.4, -0.2) is 34.3 Å². The summed E-state index contributed by atoms with van der Waals surface area (Å²) in [4.78, 5) is 27.0. The summed E-state index contributed by atoms with van der Waals surface area (Å²) in [6.07, 6.45) is 6.32. The highest BCUT2D eigenvalue weighted by atomic mass is 16.2. The van der Waals surface area contributed by atoms with Gasteiger partial charge in [0.05, 0.1) is 0 Å². The lowest BCUT2D eigenvalue weighted by atomic mass is 9.79. The Morgan fingerprint density at radius 1 is 1.25 bits per heavy atom. The molecular formula is C16H28N2O2. The van der Waals surface area contributed by atoms with Crippen LogP contribution in [0.4, 0.5) is 0 Å². The van der Waals surface area contributed by atoms with Gasteiger partial charge in [-0.2, -0.15) is 0 Å². The summed E-state index contributed by atoms with van der Waals surface area (Å²) in [6.45, 7) is 8.19. The average Bonchev–Trinajstić information content (AvgIpc) is 2.36. The van der Waals surface area contributed by atoms with Gasteiger partial charge in [-0.05, 0) is 39.0 Å². The van der Waals surface area contributed by atoms with Gasteiger partial charge in [-0.3, -0.25) is 9.59 Å². The molecule has 0 aromatic rings. The molecule has 2 aliphatic rings. The maximum atomic E-state index is 12.8. The van der Waals surface area contributed by atoms with Crippen molar-refractivity contribution in [3.8, 4) is 0 Å². The quantitative estimate of drug-likeness (QED) is 0.863. The highest BCUT2D eigenvalue weighted by Gasteiger charge is 2.47. The van der Waals surface area contributed by atoms with Crippen LogP contribution in [0.1, 0.15) is 66.2 Å². The molecule has 2 atom stereocenters. The van der Waals surface area contributed by atoms with Crippen molar-refractivity contribution in [2.24, 2.45) is 5.92 Å². The molecule has 1 saturated carbocycles. The predicted octanol–water partition coefficient (Wildman–Crippen LogP) is 2.47. The highest BCUT2D eigenvalue weighted by Crippen LogP contribution is 2.36. The lowest BCUT2D eigenvalue weighted by Crippen LogP contribution is -2.68. The van der Waals surface area contributed by atoms with Crippen molar-refractivity contribution in [2.75, 3.05) is 0 Å². The van der Waals surface area contributed by atoms with Gasteiger partial charge in [0.1, 0.15) is 12.1 Å². The van der Waals surface area contributed by atoms with Crippen LogP contribution in [0.5, 0.6) is 0 Å². The van der Waals surface area contributed by atoms with E-state index in [0.717, 1.165) is 32.1 Å². The Hall–Kier alpha value is -1.06. The van der Waals surface area contributed by atoms with E-state index >= 15 is 0 Å². The van der Waals surface area contributed by atoms with E-state index in [9.17, 15) is 9.59 Å². The summed E-state index contributed by atoms with van der Waals surface area (Å²) in [5, 5.41) is 2.90. The second-order valence-corrected chi connectivity index (χ2v) is 7.13. The highest BCUT2D eigenvalue weighted by molar-refractivity contribution is 5.97. The summed E-state index contributed by atoms with van der Waals surface area (Å²) in [6, 6.07) is -0.675. The van der Waals surface area contributed by atoms with Crippen LogP contribution < -0.4 is 5.32 Å². The molecule has 2 unspecified atom stereocenters. The van der Waals surface area contributed by atoms with Gasteiger partial charge >= 0.3 is 0 Å². The van der Waals surface area contributed by atoms with Crippen molar-refractivity contribution in [3.05, 3.63) is 0 Å². The predicted molar refractivity (Wildman–Crippen MR) is 79.2 cm³/mol. The molecule has 1 heterocycles. The van der Waals surface area contributed by atoms with Gasteiger partial charge in [0.2, 0.25) is 11.8 Å². The minimum absolute atomic E-state index is 0.00190. The smallest absolute Gasteiger partial charge is 0.246 e. The number of carbonyl (C=O) groups excluding carboxylic acids is 2. The Morgan fingerprint density at radius 3 is 2.40 bits per heavy atom. The summed E-state index contributed by atoms with van der Waals surface area (Å²) in [5.74, 6) is 0.524. The molecule has 1 saturated heterocycles. The van der Waals surface area contributed by atoms with Gasteiger partial charge in [0.25, 0.3) is 0 Å². The third-order valence-corrected chi connectivity index (χ3v) is 4.84.